The van der Waals surface area contributed by atoms with Crippen molar-refractivity contribution in [3.8, 4) is 11.5 Å². The smallest absolute Gasteiger partial charge is 0.242 e. The molecular formula is C31H26ClFN2O6. The van der Waals surface area contributed by atoms with Gasteiger partial charge >= 0.3 is 0 Å². The highest BCUT2D eigenvalue weighted by molar-refractivity contribution is 6.31. The fourth-order valence-corrected chi connectivity index (χ4v) is 4.68. The molecule has 8 nitrogen and oxygen atoms in total. The van der Waals surface area contributed by atoms with E-state index in [4.69, 9.17) is 25.5 Å². The molecule has 4 aromatic rings. The average Bonchev–Trinajstić information content (AvgIpc) is 3.43. The third kappa shape index (κ3) is 6.58. The van der Waals surface area contributed by atoms with Crippen LogP contribution in [0.2, 0.25) is 5.02 Å². The zero-order chi connectivity index (χ0) is 28.9. The number of nitrogens with zero attached hydrogens (tertiary/aromatic N) is 2. The van der Waals surface area contributed by atoms with Gasteiger partial charge in [-0.3, -0.25) is 14.4 Å². The summed E-state index contributed by atoms with van der Waals surface area (Å²) in [6.07, 6.45) is 2.85. The van der Waals surface area contributed by atoms with Gasteiger partial charge in [-0.15, -0.1) is 6.58 Å². The van der Waals surface area contributed by atoms with E-state index in [1.165, 1.54) is 52.5 Å². The summed E-state index contributed by atoms with van der Waals surface area (Å²) in [5, 5.41) is 0.684. The fourth-order valence-electron chi connectivity index (χ4n) is 4.51. The van der Waals surface area contributed by atoms with Crippen LogP contribution in [0, 0.1) is 5.82 Å². The molecule has 0 saturated carbocycles. The van der Waals surface area contributed by atoms with Gasteiger partial charge in [-0.1, -0.05) is 35.9 Å². The number of hydrogen-bond acceptors (Lipinski definition) is 6. The average molecular weight is 577 g/mol. The molecule has 0 saturated heterocycles. The van der Waals surface area contributed by atoms with E-state index in [0.717, 1.165) is 5.56 Å². The fraction of sp³-hybridized carbons (Fsp3) is 0.194. The first-order valence-electron chi connectivity index (χ1n) is 12.8. The number of rotatable bonds is 10. The maximum Gasteiger partial charge on any atom is 0.242 e. The molecule has 5 rings (SSSR count). The maximum atomic E-state index is 13.7. The molecule has 1 aliphatic heterocycles. The molecule has 2 heterocycles. The molecule has 10 heteroatoms. The van der Waals surface area contributed by atoms with Crippen molar-refractivity contribution in [3.05, 3.63) is 117 Å². The normalized spacial score (nSPS) is 11.9. The number of benzene rings is 3. The molecule has 2 amide bonds. The minimum atomic E-state index is -0.404. The molecule has 41 heavy (non-hydrogen) atoms. The molecule has 0 N–H and O–H groups in total. The highest BCUT2D eigenvalue weighted by atomic mass is 35.5. The van der Waals surface area contributed by atoms with Gasteiger partial charge in [0.2, 0.25) is 18.6 Å². The van der Waals surface area contributed by atoms with Gasteiger partial charge in [0.1, 0.15) is 17.9 Å². The van der Waals surface area contributed by atoms with Crippen molar-refractivity contribution >= 4 is 34.4 Å². The van der Waals surface area contributed by atoms with Crippen LogP contribution in [0.1, 0.15) is 16.7 Å². The van der Waals surface area contributed by atoms with Crippen molar-refractivity contribution in [1.29, 1.82) is 0 Å². The first-order valence-corrected chi connectivity index (χ1v) is 13.2. The molecule has 3 aromatic carbocycles. The highest BCUT2D eigenvalue weighted by Crippen LogP contribution is 2.33. The van der Waals surface area contributed by atoms with Gasteiger partial charge in [-0.25, -0.2) is 4.39 Å². The van der Waals surface area contributed by atoms with Crippen molar-refractivity contribution in [2.24, 2.45) is 0 Å². The Morgan fingerprint density at radius 3 is 2.46 bits per heavy atom. The number of carbonyl (C=O) groups excluding carboxylic acids is 2. The summed E-state index contributed by atoms with van der Waals surface area (Å²) in [6.45, 7) is 3.72. The molecule has 1 aliphatic rings. The van der Waals surface area contributed by atoms with Crippen LogP contribution >= 0.6 is 11.6 Å². The summed E-state index contributed by atoms with van der Waals surface area (Å²) in [7, 11) is 0. The zero-order valence-electron chi connectivity index (χ0n) is 22.0. The van der Waals surface area contributed by atoms with Gasteiger partial charge in [0.15, 0.2) is 16.9 Å². The first kappa shape index (κ1) is 27.9. The lowest BCUT2D eigenvalue weighted by Gasteiger charge is -2.27. The largest absolute Gasteiger partial charge is 0.464 e. The molecule has 0 fully saturated rings. The number of amides is 2. The molecule has 0 unspecified atom stereocenters. The van der Waals surface area contributed by atoms with Crippen molar-refractivity contribution < 1.29 is 27.9 Å². The van der Waals surface area contributed by atoms with Crippen LogP contribution in [0.15, 0.2) is 88.8 Å². The van der Waals surface area contributed by atoms with Crippen LogP contribution < -0.4 is 14.9 Å². The summed E-state index contributed by atoms with van der Waals surface area (Å²) in [6, 6.07) is 15.7. The molecule has 0 radical (unpaired) electrons. The topological polar surface area (TPSA) is 89.3 Å². The van der Waals surface area contributed by atoms with Crippen LogP contribution in [0.3, 0.4) is 0 Å². The summed E-state index contributed by atoms with van der Waals surface area (Å²) in [4.78, 5) is 43.0. The Labute approximate surface area is 240 Å². The minimum absolute atomic E-state index is 0.0153. The number of carbonyl (C=O) groups is 2. The SMILES string of the molecule is C=CCN(CC(=O)N(Cc1ccc2c(c1)OCO2)Cc1coc2ccc(Cl)cc2c1=O)C(=O)Cc1ccc(F)cc1. The predicted octanol–water partition coefficient (Wildman–Crippen LogP) is 5.10. The van der Waals surface area contributed by atoms with Gasteiger partial charge in [-0.2, -0.15) is 0 Å². The highest BCUT2D eigenvalue weighted by Gasteiger charge is 2.24. The number of ether oxygens (including phenoxy) is 2. The van der Waals surface area contributed by atoms with Crippen molar-refractivity contribution in [2.75, 3.05) is 19.9 Å². The van der Waals surface area contributed by atoms with E-state index in [2.05, 4.69) is 6.58 Å². The van der Waals surface area contributed by atoms with E-state index in [9.17, 15) is 18.8 Å². The molecule has 210 valence electrons. The second kappa shape index (κ2) is 12.3. The Morgan fingerprint density at radius 2 is 1.68 bits per heavy atom. The van der Waals surface area contributed by atoms with E-state index in [1.54, 1.807) is 30.3 Å². The Balaban J connectivity index is 1.41. The third-order valence-electron chi connectivity index (χ3n) is 6.63. The third-order valence-corrected chi connectivity index (χ3v) is 6.86. The van der Waals surface area contributed by atoms with Gasteiger partial charge in [0, 0.05) is 18.1 Å². The predicted molar refractivity (Wildman–Crippen MR) is 151 cm³/mol. The molecule has 0 atom stereocenters. The van der Waals surface area contributed by atoms with E-state index < -0.39 is 11.7 Å². The second-order valence-electron chi connectivity index (χ2n) is 9.53. The lowest BCUT2D eigenvalue weighted by atomic mass is 10.1. The number of fused-ring (bicyclic) bond motifs is 2. The lowest BCUT2D eigenvalue weighted by Crippen LogP contribution is -2.43. The number of hydrogen-bond donors (Lipinski definition) is 0. The van der Waals surface area contributed by atoms with Crippen LogP contribution in [-0.4, -0.2) is 41.5 Å². The van der Waals surface area contributed by atoms with Crippen molar-refractivity contribution in [1.82, 2.24) is 9.80 Å². The quantitative estimate of drug-likeness (QED) is 0.244. The zero-order valence-corrected chi connectivity index (χ0v) is 22.7. The van der Waals surface area contributed by atoms with E-state index in [-0.39, 0.29) is 56.3 Å². The van der Waals surface area contributed by atoms with Crippen LogP contribution in [-0.2, 0) is 29.1 Å². The standard InChI is InChI=1S/C31H26ClFN2O6/c1-2-11-34(29(36)13-20-3-7-24(33)8-4-20)17-30(37)35(15-21-5-9-27-28(12-21)41-19-40-27)16-22-18-39-26-10-6-23(32)14-25(26)31(22)38/h2-10,12,14,18H,1,11,13,15-17,19H2. The maximum absolute atomic E-state index is 13.7. The Morgan fingerprint density at radius 1 is 0.927 bits per heavy atom. The summed E-state index contributed by atoms with van der Waals surface area (Å²) in [5.74, 6) is 0.0222. The van der Waals surface area contributed by atoms with Crippen LogP contribution in [0.4, 0.5) is 4.39 Å². The van der Waals surface area contributed by atoms with Crippen molar-refractivity contribution in [3.63, 3.8) is 0 Å². The van der Waals surface area contributed by atoms with E-state index in [0.29, 0.717) is 33.1 Å². The second-order valence-corrected chi connectivity index (χ2v) is 9.97. The van der Waals surface area contributed by atoms with Gasteiger partial charge in [-0.05, 0) is 53.6 Å². The first-order chi connectivity index (χ1) is 19.8. The lowest BCUT2D eigenvalue weighted by molar-refractivity contribution is -0.140. The molecule has 0 aliphatic carbocycles. The van der Waals surface area contributed by atoms with E-state index in [1.807, 2.05) is 0 Å². The van der Waals surface area contributed by atoms with Crippen molar-refractivity contribution in [2.45, 2.75) is 19.5 Å². The number of halogens is 2. The molecular weight excluding hydrogens is 551 g/mol. The van der Waals surface area contributed by atoms with Crippen LogP contribution in [0.5, 0.6) is 11.5 Å². The monoisotopic (exact) mass is 576 g/mol. The van der Waals surface area contributed by atoms with Gasteiger partial charge < -0.3 is 23.7 Å². The summed E-state index contributed by atoms with van der Waals surface area (Å²) >= 11 is 6.10. The van der Waals surface area contributed by atoms with Crippen LogP contribution in [0.25, 0.3) is 11.0 Å². The molecule has 0 bridgehead atoms. The Hall–Kier alpha value is -4.63. The Bertz CT molecular complexity index is 1670. The molecule has 0 spiro atoms. The van der Waals surface area contributed by atoms with Gasteiger partial charge in [0.25, 0.3) is 0 Å². The molecule has 1 aromatic heterocycles. The summed E-state index contributed by atoms with van der Waals surface area (Å²) < 4.78 is 29.9. The van der Waals surface area contributed by atoms with E-state index >= 15 is 0 Å². The minimum Gasteiger partial charge on any atom is -0.464 e. The van der Waals surface area contributed by atoms with Gasteiger partial charge in [0.05, 0.1) is 30.2 Å². The summed E-state index contributed by atoms with van der Waals surface area (Å²) in [5.41, 5.74) is 1.67. The Kier molecular flexibility index (Phi) is 8.35.